The molecule has 0 atom stereocenters. The van der Waals surface area contributed by atoms with E-state index in [9.17, 15) is 4.79 Å². The van der Waals surface area contributed by atoms with E-state index in [4.69, 9.17) is 5.73 Å². The molecule has 0 spiro atoms. The summed E-state index contributed by atoms with van der Waals surface area (Å²) in [6.07, 6.45) is 0.347. The Balaban J connectivity index is 1.74. The number of nitrogen functional groups attached to an aromatic ring is 1. The minimum atomic E-state index is -0.0624. The molecular formula is C16H15N3OS. The SMILES string of the molecule is Cc1cccc(CC(=O)Nc2nc3ccc(N)cc3s2)c1. The molecule has 0 saturated carbocycles. The van der Waals surface area contributed by atoms with Crippen LogP contribution in [-0.4, -0.2) is 10.9 Å². The molecule has 0 bridgehead atoms. The van der Waals surface area contributed by atoms with Crippen LogP contribution < -0.4 is 11.1 Å². The molecule has 106 valence electrons. The van der Waals surface area contributed by atoms with Crippen LogP contribution in [0.1, 0.15) is 11.1 Å². The molecule has 0 fully saturated rings. The number of rotatable bonds is 3. The minimum Gasteiger partial charge on any atom is -0.399 e. The summed E-state index contributed by atoms with van der Waals surface area (Å²) >= 11 is 1.43. The van der Waals surface area contributed by atoms with Gasteiger partial charge in [-0.15, -0.1) is 0 Å². The van der Waals surface area contributed by atoms with Gasteiger partial charge >= 0.3 is 0 Å². The maximum atomic E-state index is 12.1. The van der Waals surface area contributed by atoms with Crippen LogP contribution in [0.3, 0.4) is 0 Å². The molecule has 0 saturated heterocycles. The minimum absolute atomic E-state index is 0.0624. The monoisotopic (exact) mass is 297 g/mol. The summed E-state index contributed by atoms with van der Waals surface area (Å²) in [7, 11) is 0. The fraction of sp³-hybridized carbons (Fsp3) is 0.125. The molecule has 1 aromatic heterocycles. The van der Waals surface area contributed by atoms with E-state index in [-0.39, 0.29) is 5.91 Å². The van der Waals surface area contributed by atoms with Gasteiger partial charge in [-0.05, 0) is 30.7 Å². The molecule has 0 radical (unpaired) electrons. The van der Waals surface area contributed by atoms with Gasteiger partial charge in [-0.2, -0.15) is 0 Å². The zero-order valence-electron chi connectivity index (χ0n) is 11.6. The number of hydrogen-bond acceptors (Lipinski definition) is 4. The lowest BCUT2D eigenvalue weighted by Gasteiger charge is -2.02. The number of nitrogens with two attached hydrogens (primary N) is 1. The van der Waals surface area contributed by atoms with E-state index in [0.717, 1.165) is 21.3 Å². The molecule has 0 aliphatic heterocycles. The quantitative estimate of drug-likeness (QED) is 0.728. The molecule has 3 rings (SSSR count). The van der Waals surface area contributed by atoms with Crippen molar-refractivity contribution in [3.8, 4) is 0 Å². The van der Waals surface area contributed by atoms with Crippen molar-refractivity contribution in [2.24, 2.45) is 0 Å². The Kier molecular flexibility index (Phi) is 3.58. The van der Waals surface area contributed by atoms with Gasteiger partial charge in [0, 0.05) is 5.69 Å². The fourth-order valence-corrected chi connectivity index (χ4v) is 3.10. The zero-order valence-corrected chi connectivity index (χ0v) is 12.4. The molecule has 0 aliphatic carbocycles. The predicted octanol–water partition coefficient (Wildman–Crippen LogP) is 3.37. The summed E-state index contributed by atoms with van der Waals surface area (Å²) in [5, 5.41) is 3.45. The second-order valence-corrected chi connectivity index (χ2v) is 5.99. The van der Waals surface area contributed by atoms with Crippen LogP contribution in [0.5, 0.6) is 0 Å². The number of amides is 1. The number of fused-ring (bicyclic) bond motifs is 1. The number of benzene rings is 2. The topological polar surface area (TPSA) is 68.0 Å². The standard InChI is InChI=1S/C16H15N3OS/c1-10-3-2-4-11(7-10)8-15(20)19-16-18-13-6-5-12(17)9-14(13)21-16/h2-7,9H,8,17H2,1H3,(H,18,19,20). The molecule has 3 aromatic rings. The molecule has 0 aliphatic rings. The third kappa shape index (κ3) is 3.20. The van der Waals surface area contributed by atoms with Gasteiger partial charge in [-0.3, -0.25) is 4.79 Å². The van der Waals surface area contributed by atoms with E-state index in [0.29, 0.717) is 17.2 Å². The van der Waals surface area contributed by atoms with Crippen molar-refractivity contribution in [3.05, 3.63) is 53.6 Å². The van der Waals surface area contributed by atoms with Gasteiger partial charge in [0.1, 0.15) is 0 Å². The largest absolute Gasteiger partial charge is 0.399 e. The molecule has 5 heteroatoms. The number of hydrogen-bond donors (Lipinski definition) is 2. The third-order valence-corrected chi connectivity index (χ3v) is 4.04. The summed E-state index contributed by atoms with van der Waals surface area (Å²) in [5.41, 5.74) is 9.43. The normalized spacial score (nSPS) is 10.7. The smallest absolute Gasteiger partial charge is 0.230 e. The summed E-state index contributed by atoms with van der Waals surface area (Å²) < 4.78 is 0.973. The number of aryl methyl sites for hydroxylation is 1. The van der Waals surface area contributed by atoms with Gasteiger partial charge in [0.15, 0.2) is 5.13 Å². The Bertz CT molecular complexity index is 810. The van der Waals surface area contributed by atoms with Gasteiger partial charge in [0.25, 0.3) is 0 Å². The first kappa shape index (κ1) is 13.6. The van der Waals surface area contributed by atoms with Crippen LogP contribution in [0, 0.1) is 6.92 Å². The first-order valence-electron chi connectivity index (χ1n) is 6.61. The summed E-state index contributed by atoms with van der Waals surface area (Å²) in [5.74, 6) is -0.0624. The highest BCUT2D eigenvalue weighted by molar-refractivity contribution is 7.22. The summed E-state index contributed by atoms with van der Waals surface area (Å²) in [6, 6.07) is 13.5. The van der Waals surface area contributed by atoms with E-state index in [1.165, 1.54) is 11.3 Å². The fourth-order valence-electron chi connectivity index (χ4n) is 2.17. The van der Waals surface area contributed by atoms with E-state index in [2.05, 4.69) is 10.3 Å². The average molecular weight is 297 g/mol. The molecule has 0 unspecified atom stereocenters. The Morgan fingerprint density at radius 1 is 1.29 bits per heavy atom. The van der Waals surface area contributed by atoms with E-state index in [1.807, 2.05) is 43.3 Å². The highest BCUT2D eigenvalue weighted by Gasteiger charge is 2.09. The van der Waals surface area contributed by atoms with Crippen LogP contribution in [0.2, 0.25) is 0 Å². The molecule has 1 heterocycles. The van der Waals surface area contributed by atoms with Crippen molar-refractivity contribution in [2.75, 3.05) is 11.1 Å². The number of nitrogens with zero attached hydrogens (tertiary/aromatic N) is 1. The Hall–Kier alpha value is -2.40. The third-order valence-electron chi connectivity index (χ3n) is 3.11. The Morgan fingerprint density at radius 3 is 2.95 bits per heavy atom. The lowest BCUT2D eigenvalue weighted by Crippen LogP contribution is -2.14. The molecule has 4 nitrogen and oxygen atoms in total. The number of nitrogens with one attached hydrogen (secondary N) is 1. The predicted molar refractivity (Wildman–Crippen MR) is 87.5 cm³/mol. The lowest BCUT2D eigenvalue weighted by molar-refractivity contribution is -0.115. The Labute approximate surface area is 126 Å². The van der Waals surface area contributed by atoms with Crippen molar-refractivity contribution in [2.45, 2.75) is 13.3 Å². The Morgan fingerprint density at radius 2 is 2.14 bits per heavy atom. The van der Waals surface area contributed by atoms with E-state index < -0.39 is 0 Å². The number of carbonyl (C=O) groups is 1. The maximum absolute atomic E-state index is 12.1. The number of thiazole rings is 1. The van der Waals surface area contributed by atoms with Crippen LogP contribution in [0.4, 0.5) is 10.8 Å². The molecule has 2 aromatic carbocycles. The maximum Gasteiger partial charge on any atom is 0.230 e. The van der Waals surface area contributed by atoms with E-state index in [1.54, 1.807) is 6.07 Å². The number of anilines is 2. The van der Waals surface area contributed by atoms with Crippen LogP contribution in [0.25, 0.3) is 10.2 Å². The van der Waals surface area contributed by atoms with Crippen LogP contribution in [-0.2, 0) is 11.2 Å². The van der Waals surface area contributed by atoms with Crippen molar-refractivity contribution >= 4 is 38.3 Å². The van der Waals surface area contributed by atoms with Crippen molar-refractivity contribution in [1.82, 2.24) is 4.98 Å². The highest BCUT2D eigenvalue weighted by atomic mass is 32.1. The molecule has 1 amide bonds. The lowest BCUT2D eigenvalue weighted by atomic mass is 10.1. The summed E-state index contributed by atoms with van der Waals surface area (Å²) in [4.78, 5) is 16.5. The van der Waals surface area contributed by atoms with Crippen molar-refractivity contribution in [1.29, 1.82) is 0 Å². The summed E-state index contributed by atoms with van der Waals surface area (Å²) in [6.45, 7) is 2.01. The van der Waals surface area contributed by atoms with Crippen LogP contribution >= 0.6 is 11.3 Å². The zero-order chi connectivity index (χ0) is 14.8. The van der Waals surface area contributed by atoms with Crippen molar-refractivity contribution in [3.63, 3.8) is 0 Å². The molecular weight excluding hydrogens is 282 g/mol. The first-order valence-corrected chi connectivity index (χ1v) is 7.43. The first-order chi connectivity index (χ1) is 10.1. The number of carbonyl (C=O) groups excluding carboxylic acids is 1. The van der Waals surface area contributed by atoms with Gasteiger partial charge < -0.3 is 11.1 Å². The second kappa shape index (κ2) is 5.54. The molecule has 3 N–H and O–H groups in total. The van der Waals surface area contributed by atoms with Crippen LogP contribution in [0.15, 0.2) is 42.5 Å². The highest BCUT2D eigenvalue weighted by Crippen LogP contribution is 2.27. The van der Waals surface area contributed by atoms with Gasteiger partial charge in [-0.1, -0.05) is 41.2 Å². The average Bonchev–Trinajstić information content (AvgIpc) is 2.79. The van der Waals surface area contributed by atoms with Gasteiger partial charge in [0.05, 0.1) is 16.6 Å². The van der Waals surface area contributed by atoms with Gasteiger partial charge in [0.2, 0.25) is 5.91 Å². The van der Waals surface area contributed by atoms with Gasteiger partial charge in [-0.25, -0.2) is 4.98 Å². The molecule has 21 heavy (non-hydrogen) atoms. The second-order valence-electron chi connectivity index (χ2n) is 4.96. The number of aromatic nitrogens is 1. The van der Waals surface area contributed by atoms with E-state index >= 15 is 0 Å². The van der Waals surface area contributed by atoms with Crippen molar-refractivity contribution < 1.29 is 4.79 Å².